The van der Waals surface area contributed by atoms with Crippen LogP contribution in [0.25, 0.3) is 5.88 Å². The smallest absolute Gasteiger partial charge is 0.177 e. The lowest BCUT2D eigenvalue weighted by Gasteiger charge is -2.25. The van der Waals surface area contributed by atoms with Crippen molar-refractivity contribution in [3.8, 4) is 0 Å². The molecule has 0 aliphatic rings. The Balaban J connectivity index is 3.53. The molecule has 0 aliphatic carbocycles. The predicted octanol–water partition coefficient (Wildman–Crippen LogP) is 1.80. The molecule has 0 unspecified atom stereocenters. The van der Waals surface area contributed by atoms with Crippen molar-refractivity contribution in [3.63, 3.8) is 0 Å². The highest BCUT2D eigenvalue weighted by molar-refractivity contribution is 6.25. The van der Waals surface area contributed by atoms with E-state index in [1.54, 1.807) is 66.1 Å². The van der Waals surface area contributed by atoms with Gasteiger partial charge in [-0.3, -0.25) is 9.59 Å². The summed E-state index contributed by atoms with van der Waals surface area (Å²) in [5, 5.41) is 12.9. The molecule has 1 aromatic rings. The zero-order valence-corrected chi connectivity index (χ0v) is 15.9. The van der Waals surface area contributed by atoms with E-state index in [0.29, 0.717) is 0 Å². The Morgan fingerprint density at radius 2 is 1.29 bits per heavy atom. The maximum atomic E-state index is 12.9. The Morgan fingerprint density at radius 3 is 1.58 bits per heavy atom. The van der Waals surface area contributed by atoms with E-state index in [0.717, 1.165) is 5.69 Å². The van der Waals surface area contributed by atoms with E-state index in [9.17, 15) is 14.7 Å². The van der Waals surface area contributed by atoms with Gasteiger partial charge in [-0.25, -0.2) is 0 Å². The zero-order valence-electron chi connectivity index (χ0n) is 15.9. The van der Waals surface area contributed by atoms with Gasteiger partial charge >= 0.3 is 0 Å². The second-order valence-electron chi connectivity index (χ2n) is 8.20. The predicted molar refractivity (Wildman–Crippen MR) is 93.1 cm³/mol. The number of allylic oxidation sites excluding steroid dienone is 1. The van der Waals surface area contributed by atoms with Crippen molar-refractivity contribution in [2.24, 2.45) is 10.8 Å². The second-order valence-corrected chi connectivity index (χ2v) is 8.20. The van der Waals surface area contributed by atoms with Crippen LogP contribution in [0.3, 0.4) is 0 Å². The molecular formula is C19H28N2O3. The average molecular weight is 332 g/mol. The first kappa shape index (κ1) is 19.9. The lowest BCUT2D eigenvalue weighted by atomic mass is 9.78. The highest BCUT2D eigenvalue weighted by Gasteiger charge is 2.37. The Hall–Kier alpha value is -2.17. The van der Waals surface area contributed by atoms with Crippen molar-refractivity contribution < 1.29 is 19.3 Å². The monoisotopic (exact) mass is 332 g/mol. The third-order valence-electron chi connectivity index (χ3n) is 3.59. The molecule has 0 radical (unpaired) electrons. The topological polar surface area (TPSA) is 64.3 Å². The standard InChI is InChI=1S/C19H28N2O3/c1-18(2,3)15(22)14(16(23)19(4,5)6)17(24)21-11-9-13(10-12-21)20(7)8/h9-12H,1-8H3. The SMILES string of the molecule is CN(C)c1cc[n+](C([O-])=C(C(=O)C(C)(C)C)C(=O)C(C)(C)C)cc1. The lowest BCUT2D eigenvalue weighted by Crippen LogP contribution is -2.44. The summed E-state index contributed by atoms with van der Waals surface area (Å²) in [6.07, 6.45) is 3.15. The zero-order chi connectivity index (χ0) is 18.9. The largest absolute Gasteiger partial charge is 0.822 e. The fourth-order valence-electron chi connectivity index (χ4n) is 2.03. The fourth-order valence-corrected chi connectivity index (χ4v) is 2.03. The normalized spacial score (nSPS) is 11.8. The third-order valence-corrected chi connectivity index (χ3v) is 3.59. The molecule has 0 bridgehead atoms. The Labute approximate surface area is 144 Å². The number of hydrogen-bond acceptors (Lipinski definition) is 4. The molecular weight excluding hydrogens is 304 g/mol. The highest BCUT2D eigenvalue weighted by atomic mass is 16.3. The second kappa shape index (κ2) is 6.75. The van der Waals surface area contributed by atoms with Crippen molar-refractivity contribution in [1.29, 1.82) is 0 Å². The van der Waals surface area contributed by atoms with Crippen LogP contribution in [-0.2, 0) is 9.59 Å². The molecule has 0 aromatic carbocycles. The van der Waals surface area contributed by atoms with Crippen LogP contribution >= 0.6 is 0 Å². The molecule has 0 aliphatic heterocycles. The van der Waals surface area contributed by atoms with Crippen LogP contribution < -0.4 is 14.6 Å². The summed E-state index contributed by atoms with van der Waals surface area (Å²) in [5.74, 6) is -1.45. The molecule has 0 saturated heterocycles. The molecule has 0 atom stereocenters. The third kappa shape index (κ3) is 4.43. The van der Waals surface area contributed by atoms with Crippen LogP contribution in [0, 0.1) is 10.8 Å². The Kier molecular flexibility index (Phi) is 5.59. The van der Waals surface area contributed by atoms with E-state index < -0.39 is 28.3 Å². The molecule has 5 nitrogen and oxygen atoms in total. The van der Waals surface area contributed by atoms with Crippen LogP contribution in [0.4, 0.5) is 5.69 Å². The number of aromatic nitrogens is 1. The summed E-state index contributed by atoms with van der Waals surface area (Å²) in [5.41, 5.74) is -0.964. The van der Waals surface area contributed by atoms with Gasteiger partial charge in [0, 0.05) is 42.7 Å². The maximum absolute atomic E-state index is 12.9. The minimum atomic E-state index is -0.809. The first-order valence-electron chi connectivity index (χ1n) is 7.96. The van der Waals surface area contributed by atoms with Gasteiger partial charge in [0.2, 0.25) is 0 Å². The van der Waals surface area contributed by atoms with Gasteiger partial charge in [-0.1, -0.05) is 41.5 Å². The molecule has 0 fully saturated rings. The first-order valence-corrected chi connectivity index (χ1v) is 7.96. The van der Waals surface area contributed by atoms with Crippen LogP contribution in [0.2, 0.25) is 0 Å². The van der Waals surface area contributed by atoms with Crippen LogP contribution in [0.5, 0.6) is 0 Å². The summed E-state index contributed by atoms with van der Waals surface area (Å²) in [6.45, 7) is 10.2. The quantitative estimate of drug-likeness (QED) is 0.277. The van der Waals surface area contributed by atoms with Gasteiger partial charge in [-0.05, 0) is 0 Å². The van der Waals surface area contributed by atoms with E-state index in [1.807, 2.05) is 19.0 Å². The number of carbonyl (C=O) groups is 2. The number of ketones is 2. The molecule has 0 N–H and O–H groups in total. The summed E-state index contributed by atoms with van der Waals surface area (Å²) < 4.78 is 1.29. The number of rotatable bonds is 4. The van der Waals surface area contributed by atoms with Crippen LogP contribution in [0.15, 0.2) is 30.1 Å². The number of pyridine rings is 1. The first-order chi connectivity index (χ1) is 10.8. The van der Waals surface area contributed by atoms with E-state index >= 15 is 0 Å². The Bertz CT molecular complexity index is 629. The van der Waals surface area contributed by atoms with Gasteiger partial charge in [0.1, 0.15) is 5.57 Å². The van der Waals surface area contributed by atoms with Gasteiger partial charge in [-0.2, -0.15) is 4.57 Å². The molecule has 1 heterocycles. The molecule has 0 saturated carbocycles. The van der Waals surface area contributed by atoms with Gasteiger partial charge < -0.3 is 10.0 Å². The summed E-state index contributed by atoms with van der Waals surface area (Å²) in [7, 11) is 3.79. The van der Waals surface area contributed by atoms with Crippen molar-refractivity contribution >= 4 is 23.1 Å². The van der Waals surface area contributed by atoms with Crippen molar-refractivity contribution in [3.05, 3.63) is 30.1 Å². The van der Waals surface area contributed by atoms with Crippen molar-refractivity contribution in [1.82, 2.24) is 0 Å². The van der Waals surface area contributed by atoms with E-state index in [1.165, 1.54) is 4.57 Å². The van der Waals surface area contributed by atoms with E-state index in [-0.39, 0.29) is 5.57 Å². The molecule has 1 aromatic heterocycles. The molecule has 24 heavy (non-hydrogen) atoms. The van der Waals surface area contributed by atoms with Crippen LogP contribution in [-0.4, -0.2) is 25.7 Å². The minimum absolute atomic E-state index is 0.266. The van der Waals surface area contributed by atoms with Crippen LogP contribution in [0.1, 0.15) is 41.5 Å². The molecule has 5 heteroatoms. The number of anilines is 1. The summed E-state index contributed by atoms with van der Waals surface area (Å²) >= 11 is 0. The lowest BCUT2D eigenvalue weighted by molar-refractivity contribution is -0.652. The maximum Gasteiger partial charge on any atom is 0.177 e. The molecule has 0 spiro atoms. The van der Waals surface area contributed by atoms with Gasteiger partial charge in [0.05, 0.1) is 0 Å². The van der Waals surface area contributed by atoms with Crippen molar-refractivity contribution in [2.75, 3.05) is 19.0 Å². The number of nitrogens with zero attached hydrogens (tertiary/aromatic N) is 2. The fraction of sp³-hybridized carbons (Fsp3) is 0.526. The van der Waals surface area contributed by atoms with Gasteiger partial charge in [-0.15, -0.1) is 0 Å². The van der Waals surface area contributed by atoms with E-state index in [4.69, 9.17) is 0 Å². The highest BCUT2D eigenvalue weighted by Crippen LogP contribution is 2.28. The minimum Gasteiger partial charge on any atom is -0.822 e. The molecule has 1 rings (SSSR count). The number of carbonyl (C=O) groups excluding carboxylic acids is 2. The van der Waals surface area contributed by atoms with Gasteiger partial charge in [0.15, 0.2) is 29.8 Å². The molecule has 0 amide bonds. The average Bonchev–Trinajstić information content (AvgIpc) is 2.45. The van der Waals surface area contributed by atoms with Crippen molar-refractivity contribution in [2.45, 2.75) is 41.5 Å². The number of Topliss-reactive ketones (excluding diaryl/α,β-unsaturated/α-hetero) is 2. The Morgan fingerprint density at radius 1 is 0.917 bits per heavy atom. The van der Waals surface area contributed by atoms with Gasteiger partial charge in [0.25, 0.3) is 0 Å². The molecule has 132 valence electrons. The van der Waals surface area contributed by atoms with E-state index in [2.05, 4.69) is 0 Å². The number of hydrogen-bond donors (Lipinski definition) is 0. The summed E-state index contributed by atoms with van der Waals surface area (Å²) in [6, 6.07) is 3.53. The summed E-state index contributed by atoms with van der Waals surface area (Å²) in [4.78, 5) is 27.4.